The number of furan rings is 1. The molecule has 0 atom stereocenters. The molecule has 0 aliphatic carbocycles. The fourth-order valence-electron chi connectivity index (χ4n) is 2.94. The molecule has 0 amide bonds. The highest BCUT2D eigenvalue weighted by Gasteiger charge is 2.34. The second-order valence-electron chi connectivity index (χ2n) is 6.35. The van der Waals surface area contributed by atoms with Crippen molar-refractivity contribution in [2.24, 2.45) is 0 Å². The van der Waals surface area contributed by atoms with Crippen LogP contribution in [0.3, 0.4) is 0 Å². The van der Waals surface area contributed by atoms with Crippen LogP contribution in [0.25, 0.3) is 21.7 Å². The Bertz CT molecular complexity index is 1140. The first-order valence-electron chi connectivity index (χ1n) is 8.76. The number of benzene rings is 2. The zero-order valence-corrected chi connectivity index (χ0v) is 16.6. The molecule has 4 aromatic rings. The van der Waals surface area contributed by atoms with Crippen LogP contribution in [0.4, 0.5) is 13.2 Å². The summed E-state index contributed by atoms with van der Waals surface area (Å²) >= 11 is 6.85. The van der Waals surface area contributed by atoms with Crippen molar-refractivity contribution in [1.29, 1.82) is 0 Å². The Hall–Kier alpha value is -2.51. The first kappa shape index (κ1) is 19.8. The summed E-state index contributed by atoms with van der Waals surface area (Å²) < 4.78 is 49.7. The number of halogens is 4. The van der Waals surface area contributed by atoms with Crippen molar-refractivity contribution >= 4 is 33.9 Å². The number of fused-ring (bicyclic) bond motifs is 1. The highest BCUT2D eigenvalue weighted by Crippen LogP contribution is 2.36. The summed E-state index contributed by atoms with van der Waals surface area (Å²) in [7, 11) is 0. The predicted molar refractivity (Wildman–Crippen MR) is 108 cm³/mol. The summed E-state index contributed by atoms with van der Waals surface area (Å²) in [6.07, 6.45) is -3.75. The van der Waals surface area contributed by atoms with Gasteiger partial charge in [0.2, 0.25) is 0 Å². The lowest BCUT2D eigenvalue weighted by Crippen LogP contribution is -2.04. The molecule has 0 bridgehead atoms. The summed E-state index contributed by atoms with van der Waals surface area (Å²) in [5, 5.41) is 1.91. The van der Waals surface area contributed by atoms with Gasteiger partial charge in [-0.15, -0.1) is 22.9 Å². The number of hydrogen-bond acceptors (Lipinski definition) is 4. The lowest BCUT2D eigenvalue weighted by atomic mass is 10.1. The third-order valence-electron chi connectivity index (χ3n) is 4.40. The van der Waals surface area contributed by atoms with E-state index in [1.807, 2.05) is 24.3 Å². The van der Waals surface area contributed by atoms with E-state index in [1.165, 1.54) is 0 Å². The normalized spacial score (nSPS) is 11.9. The van der Waals surface area contributed by atoms with Gasteiger partial charge in [0.1, 0.15) is 11.3 Å². The van der Waals surface area contributed by atoms with Crippen molar-refractivity contribution in [1.82, 2.24) is 4.98 Å². The molecule has 2 aromatic heterocycles. The maximum Gasteiger partial charge on any atom is 0.434 e. The van der Waals surface area contributed by atoms with Crippen LogP contribution >= 0.6 is 22.9 Å². The minimum absolute atomic E-state index is 0.189. The molecule has 0 fully saturated rings. The van der Waals surface area contributed by atoms with Crippen molar-refractivity contribution in [3.63, 3.8) is 0 Å². The zero-order valence-electron chi connectivity index (χ0n) is 15.0. The van der Waals surface area contributed by atoms with Crippen LogP contribution in [-0.4, -0.2) is 11.6 Å². The molecule has 0 aliphatic heterocycles. The fourth-order valence-corrected chi connectivity index (χ4v) is 3.98. The van der Waals surface area contributed by atoms with Gasteiger partial charge < -0.3 is 9.15 Å². The Labute approximate surface area is 173 Å². The molecule has 3 nitrogen and oxygen atoms in total. The molecule has 0 saturated carbocycles. The van der Waals surface area contributed by atoms with E-state index in [9.17, 15) is 13.2 Å². The van der Waals surface area contributed by atoms with E-state index in [-0.39, 0.29) is 5.01 Å². The summed E-state index contributed by atoms with van der Waals surface area (Å²) in [5.41, 5.74) is 1.86. The van der Waals surface area contributed by atoms with Crippen molar-refractivity contribution in [2.45, 2.75) is 18.5 Å². The summed E-state index contributed by atoms with van der Waals surface area (Å²) in [6.45, 7) is 0.478. The Balaban J connectivity index is 1.48. The van der Waals surface area contributed by atoms with Crippen molar-refractivity contribution in [3.8, 4) is 16.5 Å². The number of nitrogens with zero attached hydrogens (tertiary/aromatic N) is 1. The molecule has 8 heteroatoms. The van der Waals surface area contributed by atoms with Gasteiger partial charge in [0.15, 0.2) is 16.5 Å². The molecule has 0 saturated heterocycles. The van der Waals surface area contributed by atoms with Gasteiger partial charge in [-0.3, -0.25) is 0 Å². The molecule has 150 valence electrons. The van der Waals surface area contributed by atoms with Gasteiger partial charge in [-0.2, -0.15) is 13.2 Å². The maximum atomic E-state index is 12.8. The third kappa shape index (κ3) is 4.41. The standard InChI is InChI=1S/C21H15ClF3NO2S/c22-11-14-4-2-1-3-13(14)7-8-27-16-5-6-17-15(9-16)10-18(28-17)20-26-19(12-29-20)21(23,24)25/h1-6,9-10,12H,7-8,11H2. The minimum Gasteiger partial charge on any atom is -0.493 e. The van der Waals surface area contributed by atoms with Crippen molar-refractivity contribution in [3.05, 3.63) is 70.7 Å². The van der Waals surface area contributed by atoms with Gasteiger partial charge in [0.05, 0.1) is 6.61 Å². The monoisotopic (exact) mass is 437 g/mol. The van der Waals surface area contributed by atoms with Crippen LogP contribution in [0.1, 0.15) is 16.8 Å². The zero-order chi connectivity index (χ0) is 20.4. The van der Waals surface area contributed by atoms with Crippen LogP contribution in [0.2, 0.25) is 0 Å². The number of alkyl halides is 4. The lowest BCUT2D eigenvalue weighted by Gasteiger charge is -2.09. The molecule has 29 heavy (non-hydrogen) atoms. The molecular weight excluding hydrogens is 423 g/mol. The van der Waals surface area contributed by atoms with Crippen LogP contribution in [-0.2, 0) is 18.5 Å². The average molecular weight is 438 g/mol. The van der Waals surface area contributed by atoms with Crippen molar-refractivity contribution in [2.75, 3.05) is 6.61 Å². The summed E-state index contributed by atoms with van der Waals surface area (Å²) in [6, 6.07) is 14.9. The number of rotatable bonds is 6. The Kier molecular flexibility index (Phi) is 5.52. The highest BCUT2D eigenvalue weighted by atomic mass is 35.5. The topological polar surface area (TPSA) is 35.3 Å². The number of ether oxygens (including phenoxy) is 1. The molecule has 0 unspecified atom stereocenters. The smallest absolute Gasteiger partial charge is 0.434 e. The first-order valence-corrected chi connectivity index (χ1v) is 10.2. The predicted octanol–water partition coefficient (Wildman–Crippen LogP) is 6.94. The van der Waals surface area contributed by atoms with E-state index < -0.39 is 11.9 Å². The Morgan fingerprint density at radius 2 is 1.86 bits per heavy atom. The van der Waals surface area contributed by atoms with E-state index in [1.54, 1.807) is 24.3 Å². The summed E-state index contributed by atoms with van der Waals surface area (Å²) in [4.78, 5) is 3.63. The fraction of sp³-hybridized carbons (Fsp3) is 0.190. The number of thiazole rings is 1. The van der Waals surface area contributed by atoms with E-state index in [2.05, 4.69) is 4.98 Å². The number of hydrogen-bond donors (Lipinski definition) is 0. The van der Waals surface area contributed by atoms with Gasteiger partial charge in [0, 0.05) is 23.1 Å². The molecule has 0 radical (unpaired) electrons. The van der Waals surface area contributed by atoms with E-state index in [0.29, 0.717) is 29.6 Å². The van der Waals surface area contributed by atoms with Gasteiger partial charge >= 0.3 is 6.18 Å². The molecule has 2 heterocycles. The third-order valence-corrected chi connectivity index (χ3v) is 5.54. The van der Waals surface area contributed by atoms with Gasteiger partial charge in [-0.25, -0.2) is 4.98 Å². The average Bonchev–Trinajstić information content (AvgIpc) is 3.35. The second kappa shape index (κ2) is 8.08. The van der Waals surface area contributed by atoms with Gasteiger partial charge in [-0.05, 0) is 35.4 Å². The van der Waals surface area contributed by atoms with Crippen LogP contribution < -0.4 is 4.74 Å². The minimum atomic E-state index is -4.47. The van der Waals surface area contributed by atoms with Gasteiger partial charge in [0.25, 0.3) is 0 Å². The highest BCUT2D eigenvalue weighted by molar-refractivity contribution is 7.13. The van der Waals surface area contributed by atoms with Gasteiger partial charge in [-0.1, -0.05) is 24.3 Å². The number of aromatic nitrogens is 1. The lowest BCUT2D eigenvalue weighted by molar-refractivity contribution is -0.140. The van der Waals surface area contributed by atoms with Crippen LogP contribution in [0.5, 0.6) is 5.75 Å². The molecule has 2 aromatic carbocycles. The second-order valence-corrected chi connectivity index (χ2v) is 7.47. The SMILES string of the molecule is FC(F)(F)c1csc(-c2cc3cc(OCCc4ccccc4CCl)ccc3o2)n1. The quantitative estimate of drug-likeness (QED) is 0.306. The van der Waals surface area contributed by atoms with Crippen LogP contribution in [0.15, 0.2) is 58.3 Å². The van der Waals surface area contributed by atoms with E-state index in [0.717, 1.165) is 39.7 Å². The molecule has 0 aliphatic rings. The van der Waals surface area contributed by atoms with Crippen LogP contribution in [0, 0.1) is 0 Å². The maximum absolute atomic E-state index is 12.8. The Morgan fingerprint density at radius 3 is 2.59 bits per heavy atom. The van der Waals surface area contributed by atoms with Crippen molar-refractivity contribution < 1.29 is 22.3 Å². The molecular formula is C21H15ClF3NO2S. The first-order chi connectivity index (χ1) is 13.9. The molecule has 0 spiro atoms. The summed E-state index contributed by atoms with van der Waals surface area (Å²) in [5.74, 6) is 1.41. The Morgan fingerprint density at radius 1 is 1.07 bits per heavy atom. The molecule has 0 N–H and O–H groups in total. The van der Waals surface area contributed by atoms with E-state index in [4.69, 9.17) is 20.8 Å². The molecule has 4 rings (SSSR count). The van der Waals surface area contributed by atoms with E-state index >= 15 is 0 Å². The largest absolute Gasteiger partial charge is 0.493 e.